The van der Waals surface area contributed by atoms with Crippen LogP contribution in [0.5, 0.6) is 11.5 Å². The second-order valence-corrected chi connectivity index (χ2v) is 7.59. The molecule has 1 atom stereocenters. The molecule has 1 aromatic rings. The lowest BCUT2D eigenvalue weighted by Crippen LogP contribution is -2.50. The molecule has 0 bridgehead atoms. The van der Waals surface area contributed by atoms with Gasteiger partial charge < -0.3 is 19.3 Å². The minimum Gasteiger partial charge on any atom is -0.490 e. The van der Waals surface area contributed by atoms with Crippen molar-refractivity contribution in [3.05, 3.63) is 18.2 Å². The molecule has 0 radical (unpaired) electrons. The first kappa shape index (κ1) is 17.4. The number of piperazine rings is 1. The number of hydrogen-bond donors (Lipinski definition) is 0. The molecule has 1 unspecified atom stereocenters. The minimum atomic E-state index is -0.0945. The van der Waals surface area contributed by atoms with Crippen LogP contribution in [0.4, 0.5) is 0 Å². The Morgan fingerprint density at radius 1 is 1.17 bits per heavy atom. The molecular weight excluding hydrogens is 324 g/mol. The van der Waals surface area contributed by atoms with Crippen LogP contribution in [-0.2, 0) is 4.79 Å². The molecule has 0 aromatic heterocycles. The van der Waals surface area contributed by atoms with E-state index < -0.39 is 0 Å². The number of amides is 1. The summed E-state index contributed by atoms with van der Waals surface area (Å²) in [6.07, 6.45) is 0.899. The Morgan fingerprint density at radius 3 is 2.58 bits per heavy atom. The number of carbonyl (C=O) groups is 1. The average Bonchev–Trinajstić information content (AvgIpc) is 2.86. The fourth-order valence-corrected chi connectivity index (χ4v) is 3.99. The highest BCUT2D eigenvalue weighted by atomic mass is 32.2. The predicted molar refractivity (Wildman–Crippen MR) is 96.1 cm³/mol. The summed E-state index contributed by atoms with van der Waals surface area (Å²) in [4.78, 5) is 18.1. The molecule has 1 amide bonds. The number of carbonyl (C=O) groups excluding carboxylic acids is 1. The SMILES string of the molecule is CCN1CCN(C(=O)C(C)Sc2ccc3c(c2)OCCCO3)CC1. The molecule has 1 aromatic carbocycles. The molecule has 6 heteroatoms. The summed E-state index contributed by atoms with van der Waals surface area (Å²) in [6.45, 7) is 10.2. The molecule has 5 nitrogen and oxygen atoms in total. The van der Waals surface area contributed by atoms with Crippen molar-refractivity contribution in [3.8, 4) is 11.5 Å². The predicted octanol–water partition coefficient (Wildman–Crippen LogP) is 2.49. The van der Waals surface area contributed by atoms with E-state index >= 15 is 0 Å². The van der Waals surface area contributed by atoms with E-state index in [2.05, 4.69) is 11.8 Å². The van der Waals surface area contributed by atoms with Crippen molar-refractivity contribution in [2.45, 2.75) is 30.4 Å². The molecular formula is C18H26N2O3S. The summed E-state index contributed by atoms with van der Waals surface area (Å²) in [5, 5.41) is -0.0945. The fraction of sp³-hybridized carbons (Fsp3) is 0.611. The minimum absolute atomic E-state index is 0.0945. The number of ether oxygens (including phenoxy) is 2. The Labute approximate surface area is 148 Å². The van der Waals surface area contributed by atoms with Crippen LogP contribution in [0.3, 0.4) is 0 Å². The maximum absolute atomic E-state index is 12.7. The number of rotatable bonds is 4. The zero-order chi connectivity index (χ0) is 16.9. The highest BCUT2D eigenvalue weighted by Crippen LogP contribution is 2.35. The molecule has 3 rings (SSSR count). The summed E-state index contributed by atoms with van der Waals surface area (Å²) in [5.74, 6) is 1.81. The highest BCUT2D eigenvalue weighted by Gasteiger charge is 2.25. The summed E-state index contributed by atoms with van der Waals surface area (Å²) >= 11 is 1.59. The van der Waals surface area contributed by atoms with Gasteiger partial charge in [-0.15, -0.1) is 11.8 Å². The average molecular weight is 350 g/mol. The summed E-state index contributed by atoms with van der Waals surface area (Å²) in [5.41, 5.74) is 0. The lowest BCUT2D eigenvalue weighted by atomic mass is 10.3. The van der Waals surface area contributed by atoms with Gasteiger partial charge >= 0.3 is 0 Å². The van der Waals surface area contributed by atoms with Gasteiger partial charge in [-0.3, -0.25) is 4.79 Å². The molecule has 0 spiro atoms. The van der Waals surface area contributed by atoms with E-state index in [0.717, 1.165) is 55.5 Å². The first-order valence-corrected chi connectivity index (χ1v) is 9.63. The van der Waals surface area contributed by atoms with Crippen LogP contribution in [0.2, 0.25) is 0 Å². The third-order valence-electron chi connectivity index (χ3n) is 4.51. The number of likely N-dealkylation sites (N-methyl/N-ethyl adjacent to an activating group) is 1. The molecule has 0 N–H and O–H groups in total. The van der Waals surface area contributed by atoms with Crippen LogP contribution in [-0.4, -0.2) is 66.9 Å². The third kappa shape index (κ3) is 4.16. The topological polar surface area (TPSA) is 42.0 Å². The second-order valence-electron chi connectivity index (χ2n) is 6.18. The molecule has 1 fully saturated rings. The Bertz CT molecular complexity index is 573. The van der Waals surface area contributed by atoms with Crippen molar-refractivity contribution in [1.29, 1.82) is 0 Å². The zero-order valence-corrected chi connectivity index (χ0v) is 15.3. The number of thioether (sulfide) groups is 1. The van der Waals surface area contributed by atoms with Crippen molar-refractivity contribution in [2.24, 2.45) is 0 Å². The van der Waals surface area contributed by atoms with Gasteiger partial charge in [0.05, 0.1) is 18.5 Å². The Kier molecular flexibility index (Phi) is 5.89. The van der Waals surface area contributed by atoms with Crippen molar-refractivity contribution >= 4 is 17.7 Å². The van der Waals surface area contributed by atoms with Gasteiger partial charge in [-0.25, -0.2) is 0 Å². The zero-order valence-electron chi connectivity index (χ0n) is 14.5. The lowest BCUT2D eigenvalue weighted by molar-refractivity contribution is -0.132. The van der Waals surface area contributed by atoms with Gasteiger partial charge in [-0.05, 0) is 31.7 Å². The van der Waals surface area contributed by atoms with Crippen LogP contribution in [0.25, 0.3) is 0 Å². The van der Waals surface area contributed by atoms with Crippen LogP contribution >= 0.6 is 11.8 Å². The fourth-order valence-electron chi connectivity index (χ4n) is 3.01. The van der Waals surface area contributed by atoms with E-state index in [0.29, 0.717) is 13.2 Å². The first-order chi connectivity index (χ1) is 11.7. The normalized spacial score (nSPS) is 19.7. The number of fused-ring (bicyclic) bond motifs is 1. The lowest BCUT2D eigenvalue weighted by Gasteiger charge is -2.35. The molecule has 2 heterocycles. The smallest absolute Gasteiger partial charge is 0.235 e. The van der Waals surface area contributed by atoms with Gasteiger partial charge in [0.2, 0.25) is 5.91 Å². The van der Waals surface area contributed by atoms with E-state index in [1.807, 2.05) is 30.0 Å². The monoisotopic (exact) mass is 350 g/mol. The molecule has 0 aliphatic carbocycles. The van der Waals surface area contributed by atoms with Gasteiger partial charge in [-0.2, -0.15) is 0 Å². The molecule has 1 saturated heterocycles. The third-order valence-corrected chi connectivity index (χ3v) is 5.59. The van der Waals surface area contributed by atoms with Gasteiger partial charge in [0.15, 0.2) is 11.5 Å². The van der Waals surface area contributed by atoms with Crippen LogP contribution in [0, 0.1) is 0 Å². The second kappa shape index (κ2) is 8.12. The van der Waals surface area contributed by atoms with Crippen molar-refractivity contribution in [3.63, 3.8) is 0 Å². The highest BCUT2D eigenvalue weighted by molar-refractivity contribution is 8.00. The standard InChI is InChI=1S/C18H26N2O3S/c1-3-19-7-9-20(10-8-19)18(21)14(2)24-15-5-6-16-17(13-15)23-12-4-11-22-16/h5-6,13-14H,3-4,7-12H2,1-2H3. The quantitative estimate of drug-likeness (QED) is 0.781. The Hall–Kier alpha value is -1.40. The Morgan fingerprint density at radius 2 is 1.88 bits per heavy atom. The van der Waals surface area contributed by atoms with Crippen LogP contribution in [0.1, 0.15) is 20.3 Å². The van der Waals surface area contributed by atoms with E-state index in [-0.39, 0.29) is 11.2 Å². The molecule has 2 aliphatic heterocycles. The van der Waals surface area contributed by atoms with Crippen LogP contribution < -0.4 is 9.47 Å². The maximum atomic E-state index is 12.7. The van der Waals surface area contributed by atoms with E-state index in [1.165, 1.54) is 0 Å². The van der Waals surface area contributed by atoms with E-state index in [1.54, 1.807) is 11.8 Å². The largest absolute Gasteiger partial charge is 0.490 e. The van der Waals surface area contributed by atoms with Gasteiger partial charge in [0.1, 0.15) is 0 Å². The van der Waals surface area contributed by atoms with Gasteiger partial charge in [0.25, 0.3) is 0 Å². The molecule has 0 saturated carbocycles. The van der Waals surface area contributed by atoms with Crippen molar-refractivity contribution < 1.29 is 14.3 Å². The molecule has 132 valence electrons. The first-order valence-electron chi connectivity index (χ1n) is 8.75. The van der Waals surface area contributed by atoms with Crippen molar-refractivity contribution in [1.82, 2.24) is 9.80 Å². The number of nitrogens with zero attached hydrogens (tertiary/aromatic N) is 2. The summed E-state index contributed by atoms with van der Waals surface area (Å²) in [6, 6.07) is 5.95. The summed E-state index contributed by atoms with van der Waals surface area (Å²) in [7, 11) is 0. The maximum Gasteiger partial charge on any atom is 0.235 e. The molecule has 24 heavy (non-hydrogen) atoms. The summed E-state index contributed by atoms with van der Waals surface area (Å²) < 4.78 is 11.4. The van der Waals surface area contributed by atoms with Crippen molar-refractivity contribution in [2.75, 3.05) is 45.9 Å². The Balaban J connectivity index is 1.59. The number of benzene rings is 1. The van der Waals surface area contributed by atoms with E-state index in [9.17, 15) is 4.79 Å². The van der Waals surface area contributed by atoms with Gasteiger partial charge in [0, 0.05) is 37.5 Å². The van der Waals surface area contributed by atoms with Crippen LogP contribution in [0.15, 0.2) is 23.1 Å². The van der Waals surface area contributed by atoms with Gasteiger partial charge in [-0.1, -0.05) is 6.92 Å². The molecule has 2 aliphatic rings. The number of hydrogen-bond acceptors (Lipinski definition) is 5. The van der Waals surface area contributed by atoms with E-state index in [4.69, 9.17) is 9.47 Å².